The lowest BCUT2D eigenvalue weighted by atomic mass is 10.2. The Balaban J connectivity index is 0.000000166. The van der Waals surface area contributed by atoms with Crippen LogP contribution < -0.4 is 20.4 Å². The van der Waals surface area contributed by atoms with Gasteiger partial charge >= 0.3 is 0 Å². The molecule has 20 heteroatoms. The molecule has 0 saturated carbocycles. The predicted octanol–water partition coefficient (Wildman–Crippen LogP) is 1.87. The summed E-state index contributed by atoms with van der Waals surface area (Å²) in [5.74, 6) is 0.390. The minimum atomic E-state index is -0.658. The Bertz CT molecular complexity index is 2450. The molecule has 2 N–H and O–H groups in total. The molecule has 0 spiro atoms. The van der Waals surface area contributed by atoms with Crippen molar-refractivity contribution in [2.45, 2.75) is 76.8 Å². The highest BCUT2D eigenvalue weighted by atomic mass is 16.2. The lowest BCUT2D eigenvalue weighted by molar-refractivity contribution is -0.120. The smallest absolute Gasteiger partial charge is 0.291 e. The van der Waals surface area contributed by atoms with Crippen molar-refractivity contribution in [3.05, 3.63) is 120 Å². The van der Waals surface area contributed by atoms with E-state index in [1.165, 1.54) is 25.5 Å². The fourth-order valence-electron chi connectivity index (χ4n) is 8.43. The molecule has 2 aromatic carbocycles. The SMILES string of the molecule is CN1C(=O)[C@@H](NC(=O)c2ncn(Cc3ccccc3)n2)CCn2nc(CCN3CCC3)cc21.CN1C(=O)[C@H](NC(=O)c2ncn(Cc3ccccc3)n2)CCn2nc(CCN3CCC3)cc21. The van der Waals surface area contributed by atoms with Crippen molar-refractivity contribution in [2.75, 3.05) is 63.2 Å². The summed E-state index contributed by atoms with van der Waals surface area (Å²) in [6, 6.07) is 22.3. The normalized spacial score (nSPS) is 18.5. The molecular formula is C46H56N16O4. The summed E-state index contributed by atoms with van der Waals surface area (Å²) in [4.78, 5) is 67.8. The Morgan fingerprint density at radius 3 is 1.36 bits per heavy atom. The molecular weight excluding hydrogens is 841 g/mol. The summed E-state index contributed by atoms with van der Waals surface area (Å²) in [6.45, 7) is 8.78. The van der Waals surface area contributed by atoms with E-state index in [9.17, 15) is 19.2 Å². The van der Waals surface area contributed by atoms with E-state index in [0.29, 0.717) is 39.0 Å². The fourth-order valence-corrected chi connectivity index (χ4v) is 8.43. The van der Waals surface area contributed by atoms with Crippen LogP contribution >= 0.6 is 0 Å². The maximum absolute atomic E-state index is 13.1. The van der Waals surface area contributed by atoms with E-state index in [0.717, 1.165) is 86.3 Å². The minimum Gasteiger partial charge on any atom is -0.337 e. The Kier molecular flexibility index (Phi) is 13.4. The zero-order chi connectivity index (χ0) is 45.6. The first-order chi connectivity index (χ1) is 32.1. The van der Waals surface area contributed by atoms with Crippen LogP contribution in [0.3, 0.4) is 0 Å². The van der Waals surface area contributed by atoms with Gasteiger partial charge in [-0.15, -0.1) is 10.2 Å². The number of anilines is 2. The number of nitrogens with one attached hydrogen (secondary N) is 2. The van der Waals surface area contributed by atoms with Gasteiger partial charge in [-0.1, -0.05) is 60.7 Å². The zero-order valence-electron chi connectivity index (χ0n) is 37.4. The number of aromatic nitrogens is 10. The zero-order valence-corrected chi connectivity index (χ0v) is 37.4. The van der Waals surface area contributed by atoms with Crippen molar-refractivity contribution >= 4 is 35.3 Å². The lowest BCUT2D eigenvalue weighted by Crippen LogP contribution is -2.47. The number of benzene rings is 2. The molecule has 0 aliphatic carbocycles. The highest BCUT2D eigenvalue weighted by Crippen LogP contribution is 2.24. The number of likely N-dealkylation sites (tertiary alicyclic amines) is 2. The Morgan fingerprint density at radius 1 is 0.576 bits per heavy atom. The molecule has 2 fully saturated rings. The molecule has 0 unspecified atom stereocenters. The van der Waals surface area contributed by atoms with E-state index in [4.69, 9.17) is 10.2 Å². The number of nitrogens with zero attached hydrogens (tertiary/aromatic N) is 14. The van der Waals surface area contributed by atoms with Crippen LogP contribution in [-0.2, 0) is 48.6 Å². The first kappa shape index (κ1) is 44.2. The maximum atomic E-state index is 13.1. The predicted molar refractivity (Wildman–Crippen MR) is 244 cm³/mol. The van der Waals surface area contributed by atoms with E-state index < -0.39 is 23.9 Å². The van der Waals surface area contributed by atoms with Crippen molar-refractivity contribution in [1.29, 1.82) is 0 Å². The fraction of sp³-hybridized carbons (Fsp3) is 0.435. The largest absolute Gasteiger partial charge is 0.337 e. The van der Waals surface area contributed by atoms with Crippen LogP contribution in [0.2, 0.25) is 0 Å². The summed E-state index contributed by atoms with van der Waals surface area (Å²) in [6.07, 6.45) is 8.26. The van der Waals surface area contributed by atoms with Crippen LogP contribution in [0.4, 0.5) is 11.6 Å². The summed E-state index contributed by atoms with van der Waals surface area (Å²) in [7, 11) is 3.46. The van der Waals surface area contributed by atoms with Crippen LogP contribution in [0.5, 0.6) is 0 Å². The quantitative estimate of drug-likeness (QED) is 0.161. The third kappa shape index (κ3) is 10.4. The van der Waals surface area contributed by atoms with Crippen LogP contribution in [-0.4, -0.2) is 148 Å². The van der Waals surface area contributed by atoms with Crippen LogP contribution in [0.15, 0.2) is 85.5 Å². The molecule has 4 aliphatic rings. The first-order valence-corrected chi connectivity index (χ1v) is 22.8. The van der Waals surface area contributed by atoms with Gasteiger partial charge in [0.15, 0.2) is 0 Å². The highest BCUT2D eigenvalue weighted by Gasteiger charge is 2.33. The number of hydrogen-bond acceptors (Lipinski definition) is 12. The average Bonchev–Trinajstić information content (AvgIpc) is 4.11. The van der Waals surface area contributed by atoms with Gasteiger partial charge in [-0.3, -0.25) is 29.0 Å². The molecule has 4 aromatic heterocycles. The molecule has 0 radical (unpaired) electrons. The molecule has 0 bridgehead atoms. The van der Waals surface area contributed by atoms with E-state index in [2.05, 4.69) is 40.6 Å². The molecule has 8 heterocycles. The van der Waals surface area contributed by atoms with Gasteiger partial charge in [0.2, 0.25) is 11.6 Å². The second kappa shape index (κ2) is 20.0. The minimum absolute atomic E-state index is 0.0525. The van der Waals surface area contributed by atoms with Gasteiger partial charge in [-0.2, -0.15) is 10.2 Å². The van der Waals surface area contributed by atoms with Crippen LogP contribution in [0.25, 0.3) is 0 Å². The van der Waals surface area contributed by atoms with Crippen LogP contribution in [0, 0.1) is 0 Å². The number of aryl methyl sites for hydroxylation is 2. The lowest BCUT2D eigenvalue weighted by Gasteiger charge is -2.30. The Labute approximate surface area is 382 Å². The Morgan fingerprint density at radius 2 is 0.985 bits per heavy atom. The second-order valence-corrected chi connectivity index (χ2v) is 17.3. The molecule has 4 aliphatic heterocycles. The van der Waals surface area contributed by atoms with Gasteiger partial charge in [0.25, 0.3) is 23.6 Å². The molecule has 10 rings (SSSR count). The summed E-state index contributed by atoms with van der Waals surface area (Å²) in [5, 5.41) is 23.6. The second-order valence-electron chi connectivity index (χ2n) is 17.3. The standard InChI is InChI=1S/2C23H28N8O2/c2*1-28-20-14-18(8-12-29-10-5-11-29)26-31(20)13-9-19(23(28)33)25-22(32)21-24-16-30(27-21)15-17-6-3-2-4-7-17/h2*2-4,6-7,14,16,19H,5,8-13,15H2,1H3,(H,25,32)/t2*19-/m10/s1. The van der Waals surface area contributed by atoms with Crippen molar-refractivity contribution < 1.29 is 19.2 Å². The molecule has 20 nitrogen and oxygen atoms in total. The Hall–Kier alpha value is -7.06. The number of fused-ring (bicyclic) bond motifs is 2. The van der Waals surface area contributed by atoms with E-state index >= 15 is 0 Å². The maximum Gasteiger partial charge on any atom is 0.291 e. The highest BCUT2D eigenvalue weighted by molar-refractivity contribution is 6.01. The molecule has 6 aromatic rings. The summed E-state index contributed by atoms with van der Waals surface area (Å²) < 4.78 is 6.95. The van der Waals surface area contributed by atoms with Crippen LogP contribution in [0.1, 0.15) is 69.4 Å². The van der Waals surface area contributed by atoms with E-state index in [-0.39, 0.29) is 23.5 Å². The van der Waals surface area contributed by atoms with Gasteiger partial charge in [-0.05, 0) is 63.0 Å². The van der Waals surface area contributed by atoms with Gasteiger partial charge in [0, 0.05) is 65.2 Å². The number of carbonyl (C=O) groups is 4. The number of hydrogen-bond donors (Lipinski definition) is 2. The van der Waals surface area contributed by atoms with E-state index in [1.54, 1.807) is 33.3 Å². The molecule has 2 atom stereocenters. The van der Waals surface area contributed by atoms with E-state index in [1.807, 2.05) is 82.2 Å². The average molecular weight is 897 g/mol. The van der Waals surface area contributed by atoms with Crippen molar-refractivity contribution in [1.82, 2.24) is 69.5 Å². The topological polar surface area (TPSA) is 202 Å². The first-order valence-electron chi connectivity index (χ1n) is 22.8. The van der Waals surface area contributed by atoms with Crippen molar-refractivity contribution in [3.63, 3.8) is 0 Å². The molecule has 2 saturated heterocycles. The van der Waals surface area contributed by atoms with Gasteiger partial charge in [0.1, 0.15) is 36.4 Å². The number of carbonyl (C=O) groups excluding carboxylic acids is 4. The number of amides is 4. The summed E-state index contributed by atoms with van der Waals surface area (Å²) >= 11 is 0. The third-order valence-electron chi connectivity index (χ3n) is 12.6. The molecule has 66 heavy (non-hydrogen) atoms. The van der Waals surface area contributed by atoms with Gasteiger partial charge < -0.3 is 20.4 Å². The van der Waals surface area contributed by atoms with Gasteiger partial charge in [0.05, 0.1) is 24.5 Å². The number of likely N-dealkylation sites (N-methyl/N-ethyl adjacent to an activating group) is 2. The monoisotopic (exact) mass is 896 g/mol. The third-order valence-corrected chi connectivity index (χ3v) is 12.6. The van der Waals surface area contributed by atoms with Gasteiger partial charge in [-0.25, -0.2) is 28.7 Å². The number of rotatable bonds is 14. The molecule has 344 valence electrons. The van der Waals surface area contributed by atoms with Crippen molar-refractivity contribution in [2.24, 2.45) is 0 Å². The van der Waals surface area contributed by atoms with Crippen molar-refractivity contribution in [3.8, 4) is 0 Å². The molecule has 4 amide bonds. The summed E-state index contributed by atoms with van der Waals surface area (Å²) in [5.41, 5.74) is 4.11.